The summed E-state index contributed by atoms with van der Waals surface area (Å²) in [6, 6.07) is 87.6. The Kier molecular flexibility index (Phi) is 11.5. The van der Waals surface area contributed by atoms with Crippen LogP contribution in [0.15, 0.2) is 284 Å². The Bertz CT molecular complexity index is 3810. The van der Waals surface area contributed by atoms with Gasteiger partial charge in [-0.2, -0.15) is 0 Å². The van der Waals surface area contributed by atoms with E-state index in [4.69, 9.17) is 0 Å². The Labute approximate surface area is 414 Å². The summed E-state index contributed by atoms with van der Waals surface area (Å²) in [5, 5.41) is 0. The number of benzene rings is 10. The number of hydrogen-bond acceptors (Lipinski definition) is 1. The molecule has 3 nitrogen and oxygen atoms in total. The summed E-state index contributed by atoms with van der Waals surface area (Å²) in [6.07, 6.45) is 11.8. The van der Waals surface area contributed by atoms with Crippen LogP contribution in [0, 0.1) is 0 Å². The van der Waals surface area contributed by atoms with E-state index in [0.29, 0.717) is 0 Å². The van der Waals surface area contributed by atoms with Gasteiger partial charge in [0.2, 0.25) is 0 Å². The Balaban J connectivity index is 1.07. The van der Waals surface area contributed by atoms with Crippen LogP contribution in [-0.2, 0) is 0 Å². The van der Waals surface area contributed by atoms with E-state index >= 15 is 4.79 Å². The fourth-order valence-corrected chi connectivity index (χ4v) is 9.97. The van der Waals surface area contributed by atoms with E-state index in [0.717, 1.165) is 118 Å². The number of allylic oxidation sites excluding steroid dienone is 6. The second-order valence-corrected chi connectivity index (χ2v) is 18.1. The van der Waals surface area contributed by atoms with Gasteiger partial charge in [0.25, 0.3) is 0 Å². The molecule has 0 unspecified atom stereocenters. The molecule has 11 aromatic rings. The molecule has 12 rings (SSSR count). The van der Waals surface area contributed by atoms with Crippen molar-refractivity contribution in [1.29, 1.82) is 0 Å². The zero-order valence-corrected chi connectivity index (χ0v) is 39.1. The third kappa shape index (κ3) is 8.74. The molecule has 0 atom stereocenters. The first-order valence-corrected chi connectivity index (χ1v) is 24.2. The van der Waals surface area contributed by atoms with Crippen molar-refractivity contribution in [2.24, 2.45) is 0 Å². The van der Waals surface area contributed by atoms with Gasteiger partial charge in [-0.15, -0.1) is 0 Å². The third-order valence-electron chi connectivity index (χ3n) is 13.5. The Morgan fingerprint density at radius 1 is 0.282 bits per heavy atom. The van der Waals surface area contributed by atoms with Gasteiger partial charge in [-0.3, -0.25) is 9.13 Å². The lowest BCUT2D eigenvalue weighted by Gasteiger charge is -2.14. The van der Waals surface area contributed by atoms with Gasteiger partial charge < -0.3 is 0 Å². The molecule has 0 N–H and O–H groups in total. The van der Waals surface area contributed by atoms with Crippen molar-refractivity contribution in [3.63, 3.8) is 0 Å². The van der Waals surface area contributed by atoms with Gasteiger partial charge in [0.15, 0.2) is 0 Å². The minimum absolute atomic E-state index is 0.152. The lowest BCUT2D eigenvalue weighted by atomic mass is 9.94. The number of aromatic nitrogens is 2. The average molecular weight is 909 g/mol. The second-order valence-electron chi connectivity index (χ2n) is 18.1. The van der Waals surface area contributed by atoms with Crippen molar-refractivity contribution in [2.75, 3.05) is 0 Å². The molecule has 0 saturated heterocycles. The van der Waals surface area contributed by atoms with E-state index in [1.165, 1.54) is 0 Å². The Morgan fingerprint density at radius 2 is 0.592 bits per heavy atom. The SMILES string of the molecule is O=c1n(-c2cc(-c3cccc(C4=CC=CCC=C4)c3)cc(-c3cccc(-c4ccccc4)c3)c2)c2ccccc2n1-c1cc(-c2cccc(-c3ccccc3)c2)cc(-c2cccc(-c3ccccc3)c2)c1. The molecular formula is C68H48N2O. The molecule has 0 aliphatic heterocycles. The van der Waals surface area contributed by atoms with E-state index in [-0.39, 0.29) is 5.69 Å². The van der Waals surface area contributed by atoms with E-state index in [9.17, 15) is 0 Å². The van der Waals surface area contributed by atoms with Gasteiger partial charge in [-0.05, 0) is 168 Å². The van der Waals surface area contributed by atoms with Gasteiger partial charge in [0.1, 0.15) is 0 Å². The van der Waals surface area contributed by atoms with Crippen molar-refractivity contribution < 1.29 is 0 Å². The number of nitrogens with zero attached hydrogens (tertiary/aromatic N) is 2. The smallest absolute Gasteiger partial charge is 0.260 e. The number of fused-ring (bicyclic) bond motifs is 1. The van der Waals surface area contributed by atoms with Crippen molar-refractivity contribution in [3.8, 4) is 89.3 Å². The van der Waals surface area contributed by atoms with E-state index < -0.39 is 0 Å². The van der Waals surface area contributed by atoms with Crippen molar-refractivity contribution in [1.82, 2.24) is 9.13 Å². The molecule has 0 saturated carbocycles. The molecular weight excluding hydrogens is 861 g/mol. The minimum Gasteiger partial charge on any atom is -0.260 e. The molecule has 1 heterocycles. The molecule has 3 heteroatoms. The predicted octanol–water partition coefficient (Wildman–Crippen LogP) is 17.3. The van der Waals surface area contributed by atoms with E-state index in [1.807, 2.05) is 39.5 Å². The standard InChI is InChI=1S/C68H48N2O/c71-68-69(64-44-60(56-32-16-28-52(38-56)48-20-6-1-2-7-21-48)42-61(45-64)57-33-17-29-53(39-57)49-22-8-3-9-23-49)66-36-14-15-37-67(66)70(68)65-46-62(58-34-18-30-54(40-58)50-24-10-4-11-25-50)43-63(47-65)59-35-19-31-55(41-59)51-26-12-5-13-27-51/h1,3-47H,2H2. The van der Waals surface area contributed by atoms with Crippen LogP contribution in [0.5, 0.6) is 0 Å². The molecule has 10 aromatic carbocycles. The van der Waals surface area contributed by atoms with Crippen LogP contribution in [-0.4, -0.2) is 9.13 Å². The monoisotopic (exact) mass is 908 g/mol. The topological polar surface area (TPSA) is 26.9 Å². The molecule has 0 fully saturated rings. The van der Waals surface area contributed by atoms with Crippen LogP contribution in [0.2, 0.25) is 0 Å². The normalized spacial score (nSPS) is 12.2. The fraction of sp³-hybridized carbons (Fsp3) is 0.0147. The van der Waals surface area contributed by atoms with Crippen LogP contribution in [0.4, 0.5) is 0 Å². The summed E-state index contributed by atoms with van der Waals surface area (Å²) in [5.74, 6) is 0. The summed E-state index contributed by atoms with van der Waals surface area (Å²) >= 11 is 0. The molecule has 1 aliphatic rings. The maximum Gasteiger partial charge on any atom is 0.338 e. The Hall–Kier alpha value is -9.31. The largest absolute Gasteiger partial charge is 0.338 e. The van der Waals surface area contributed by atoms with Crippen LogP contribution in [0.3, 0.4) is 0 Å². The third-order valence-corrected chi connectivity index (χ3v) is 13.5. The zero-order chi connectivity index (χ0) is 47.5. The van der Waals surface area contributed by atoms with Crippen molar-refractivity contribution in [2.45, 2.75) is 6.42 Å². The minimum atomic E-state index is -0.152. The van der Waals surface area contributed by atoms with Gasteiger partial charge in [-0.25, -0.2) is 4.79 Å². The summed E-state index contributed by atoms with van der Waals surface area (Å²) in [7, 11) is 0. The Morgan fingerprint density at radius 3 is 0.986 bits per heavy atom. The van der Waals surface area contributed by atoms with Crippen LogP contribution >= 0.6 is 0 Å². The summed E-state index contributed by atoms with van der Waals surface area (Å²) in [5.41, 5.74) is 20.5. The van der Waals surface area contributed by atoms with Gasteiger partial charge >= 0.3 is 5.69 Å². The first kappa shape index (κ1) is 43.0. The van der Waals surface area contributed by atoms with Crippen molar-refractivity contribution in [3.05, 3.63) is 295 Å². The van der Waals surface area contributed by atoms with E-state index in [2.05, 4.69) is 249 Å². The van der Waals surface area contributed by atoms with Gasteiger partial charge in [-0.1, -0.05) is 206 Å². The number of imidazole rings is 1. The van der Waals surface area contributed by atoms with Crippen LogP contribution < -0.4 is 5.69 Å². The molecule has 0 spiro atoms. The number of hydrogen-bond donors (Lipinski definition) is 0. The number of para-hydroxylation sites is 2. The first-order chi connectivity index (χ1) is 35.1. The maximum atomic E-state index is 15.8. The molecule has 336 valence electrons. The zero-order valence-electron chi connectivity index (χ0n) is 39.1. The summed E-state index contributed by atoms with van der Waals surface area (Å²) < 4.78 is 3.79. The highest BCUT2D eigenvalue weighted by molar-refractivity contribution is 5.87. The van der Waals surface area contributed by atoms with Gasteiger partial charge in [0, 0.05) is 0 Å². The van der Waals surface area contributed by atoms with Crippen LogP contribution in [0.1, 0.15) is 12.0 Å². The highest BCUT2D eigenvalue weighted by Crippen LogP contribution is 2.37. The average Bonchev–Trinajstić information content (AvgIpc) is 3.54. The highest BCUT2D eigenvalue weighted by Gasteiger charge is 2.20. The van der Waals surface area contributed by atoms with Crippen molar-refractivity contribution >= 4 is 16.6 Å². The molecule has 0 bridgehead atoms. The lowest BCUT2D eigenvalue weighted by Crippen LogP contribution is -2.22. The molecule has 0 amide bonds. The molecule has 0 radical (unpaired) electrons. The van der Waals surface area contributed by atoms with Gasteiger partial charge in [0.05, 0.1) is 22.4 Å². The molecule has 71 heavy (non-hydrogen) atoms. The highest BCUT2D eigenvalue weighted by atomic mass is 16.1. The quantitative estimate of drug-likeness (QED) is 0.134. The lowest BCUT2D eigenvalue weighted by molar-refractivity contribution is 0.931. The summed E-state index contributed by atoms with van der Waals surface area (Å²) in [6.45, 7) is 0. The summed E-state index contributed by atoms with van der Waals surface area (Å²) in [4.78, 5) is 15.8. The number of rotatable bonds is 10. The molecule has 1 aliphatic carbocycles. The first-order valence-electron chi connectivity index (χ1n) is 24.2. The van der Waals surface area contributed by atoms with Crippen LogP contribution in [0.25, 0.3) is 106 Å². The molecule has 1 aromatic heterocycles. The fourth-order valence-electron chi connectivity index (χ4n) is 9.97. The van der Waals surface area contributed by atoms with E-state index in [1.54, 1.807) is 0 Å². The maximum absolute atomic E-state index is 15.8. The predicted molar refractivity (Wildman–Crippen MR) is 298 cm³/mol. The second kappa shape index (κ2) is 19.0.